The molecule has 138 valence electrons. The van der Waals surface area contributed by atoms with Gasteiger partial charge in [0.2, 0.25) is 5.91 Å². The van der Waals surface area contributed by atoms with Crippen LogP contribution in [0.25, 0.3) is 0 Å². The highest BCUT2D eigenvalue weighted by Crippen LogP contribution is 2.44. The van der Waals surface area contributed by atoms with E-state index in [4.69, 9.17) is 9.47 Å². The lowest BCUT2D eigenvalue weighted by Crippen LogP contribution is -2.47. The Balaban J connectivity index is 1.65. The fraction of sp³-hybridized carbons (Fsp3) is 0.650. The van der Waals surface area contributed by atoms with Crippen molar-refractivity contribution in [3.8, 4) is 5.75 Å². The summed E-state index contributed by atoms with van der Waals surface area (Å²) in [7, 11) is 1.66. The van der Waals surface area contributed by atoms with Gasteiger partial charge in [-0.3, -0.25) is 4.79 Å². The Morgan fingerprint density at radius 1 is 1.36 bits per heavy atom. The molecular formula is C20H30N2O3. The highest BCUT2D eigenvalue weighted by atomic mass is 16.5. The predicted molar refractivity (Wildman–Crippen MR) is 97.7 cm³/mol. The molecule has 2 atom stereocenters. The molecule has 0 unspecified atom stereocenters. The number of aryl methyl sites for hydroxylation is 1. The molecule has 0 radical (unpaired) electrons. The van der Waals surface area contributed by atoms with E-state index in [0.29, 0.717) is 25.7 Å². The van der Waals surface area contributed by atoms with Crippen molar-refractivity contribution < 1.29 is 14.3 Å². The van der Waals surface area contributed by atoms with Gasteiger partial charge >= 0.3 is 0 Å². The highest BCUT2D eigenvalue weighted by Gasteiger charge is 2.49. The predicted octanol–water partition coefficient (Wildman–Crippen LogP) is 2.42. The third-order valence-electron chi connectivity index (χ3n) is 5.70. The molecule has 1 aromatic carbocycles. The third-order valence-corrected chi connectivity index (χ3v) is 5.70. The second-order valence-corrected chi connectivity index (χ2v) is 7.36. The maximum atomic E-state index is 13.0. The van der Waals surface area contributed by atoms with Gasteiger partial charge in [0.25, 0.3) is 0 Å². The molecule has 0 bridgehead atoms. The van der Waals surface area contributed by atoms with Gasteiger partial charge in [-0.25, -0.2) is 0 Å². The molecular weight excluding hydrogens is 316 g/mol. The third kappa shape index (κ3) is 3.98. The van der Waals surface area contributed by atoms with E-state index in [0.717, 1.165) is 49.2 Å². The average Bonchev–Trinajstić information content (AvgIpc) is 3.06. The van der Waals surface area contributed by atoms with Crippen LogP contribution in [0.15, 0.2) is 18.2 Å². The number of rotatable bonds is 7. The van der Waals surface area contributed by atoms with Crippen LogP contribution in [0.1, 0.15) is 36.8 Å². The van der Waals surface area contributed by atoms with Crippen molar-refractivity contribution in [2.75, 3.05) is 33.4 Å². The van der Waals surface area contributed by atoms with Gasteiger partial charge in [-0.05, 0) is 43.9 Å². The summed E-state index contributed by atoms with van der Waals surface area (Å²) in [6, 6.07) is 6.13. The lowest BCUT2D eigenvalue weighted by molar-refractivity contribution is -0.134. The van der Waals surface area contributed by atoms with Gasteiger partial charge in [0.1, 0.15) is 12.4 Å². The van der Waals surface area contributed by atoms with Gasteiger partial charge in [0, 0.05) is 25.8 Å². The standard InChI is InChI=1S/C20H30N2O3/c1-15-6-7-16(18(11-15)25-10-9-24-2)12-22-19(23)20-8-4-3-5-17(20)13-21-14-20/h6-7,11,17,21H,3-5,8-10,12-14H2,1-2H3,(H,22,23)/t17-,20+/m0/s1. The number of amides is 1. The molecule has 1 aromatic rings. The largest absolute Gasteiger partial charge is 0.491 e. The van der Waals surface area contributed by atoms with Crippen LogP contribution in [0.4, 0.5) is 0 Å². The highest BCUT2D eigenvalue weighted by molar-refractivity contribution is 5.84. The maximum absolute atomic E-state index is 13.0. The molecule has 1 saturated heterocycles. The van der Waals surface area contributed by atoms with Crippen molar-refractivity contribution in [1.82, 2.24) is 10.6 Å². The summed E-state index contributed by atoms with van der Waals surface area (Å²) in [6.45, 7) is 5.40. The summed E-state index contributed by atoms with van der Waals surface area (Å²) in [5.41, 5.74) is 1.96. The number of ether oxygens (including phenoxy) is 2. The van der Waals surface area contributed by atoms with Crippen LogP contribution in [0.3, 0.4) is 0 Å². The Labute approximate surface area is 150 Å². The van der Waals surface area contributed by atoms with Gasteiger partial charge in [-0.15, -0.1) is 0 Å². The second kappa shape index (κ2) is 8.19. The van der Waals surface area contributed by atoms with Crippen LogP contribution < -0.4 is 15.4 Å². The molecule has 1 saturated carbocycles. The van der Waals surface area contributed by atoms with E-state index >= 15 is 0 Å². The molecule has 5 nitrogen and oxygen atoms in total. The van der Waals surface area contributed by atoms with E-state index in [2.05, 4.69) is 16.7 Å². The molecule has 25 heavy (non-hydrogen) atoms. The number of nitrogens with one attached hydrogen (secondary N) is 2. The van der Waals surface area contributed by atoms with Crippen LogP contribution in [0, 0.1) is 18.3 Å². The first-order chi connectivity index (χ1) is 12.2. The molecule has 1 heterocycles. The number of hydrogen-bond acceptors (Lipinski definition) is 4. The van der Waals surface area contributed by atoms with E-state index in [-0.39, 0.29) is 11.3 Å². The normalized spacial score (nSPS) is 25.4. The van der Waals surface area contributed by atoms with Gasteiger partial charge in [-0.2, -0.15) is 0 Å². The van der Waals surface area contributed by atoms with Crippen LogP contribution in [-0.4, -0.2) is 39.3 Å². The van der Waals surface area contributed by atoms with Crippen LogP contribution in [0.5, 0.6) is 5.75 Å². The van der Waals surface area contributed by atoms with Crippen molar-refractivity contribution in [3.05, 3.63) is 29.3 Å². The molecule has 0 aromatic heterocycles. The molecule has 3 rings (SSSR count). The smallest absolute Gasteiger partial charge is 0.228 e. The maximum Gasteiger partial charge on any atom is 0.228 e. The molecule has 2 aliphatic rings. The topological polar surface area (TPSA) is 59.6 Å². The average molecular weight is 346 g/mol. The summed E-state index contributed by atoms with van der Waals surface area (Å²) in [5, 5.41) is 6.63. The zero-order chi connectivity index (χ0) is 17.7. The number of fused-ring (bicyclic) bond motifs is 1. The minimum atomic E-state index is -0.208. The lowest BCUT2D eigenvalue weighted by Gasteiger charge is -2.37. The molecule has 5 heteroatoms. The molecule has 1 amide bonds. The Morgan fingerprint density at radius 2 is 2.24 bits per heavy atom. The quantitative estimate of drug-likeness (QED) is 0.745. The summed E-state index contributed by atoms with van der Waals surface area (Å²) in [5.74, 6) is 1.52. The molecule has 1 aliphatic carbocycles. The molecule has 0 spiro atoms. The van der Waals surface area contributed by atoms with Gasteiger partial charge < -0.3 is 20.1 Å². The number of hydrogen-bond donors (Lipinski definition) is 2. The van der Waals surface area contributed by atoms with Crippen molar-refractivity contribution in [1.29, 1.82) is 0 Å². The first kappa shape index (κ1) is 18.2. The summed E-state index contributed by atoms with van der Waals surface area (Å²) >= 11 is 0. The molecule has 2 fully saturated rings. The first-order valence-electron chi connectivity index (χ1n) is 9.36. The monoisotopic (exact) mass is 346 g/mol. The fourth-order valence-corrected chi connectivity index (χ4v) is 4.22. The van der Waals surface area contributed by atoms with Crippen LogP contribution >= 0.6 is 0 Å². The minimum Gasteiger partial charge on any atom is -0.491 e. The SMILES string of the molecule is COCCOc1cc(C)ccc1CNC(=O)[C@@]12CCCC[C@H]1CNC2. The van der Waals surface area contributed by atoms with Gasteiger partial charge in [0.15, 0.2) is 0 Å². The summed E-state index contributed by atoms with van der Waals surface area (Å²) < 4.78 is 10.9. The van der Waals surface area contributed by atoms with E-state index < -0.39 is 0 Å². The fourth-order valence-electron chi connectivity index (χ4n) is 4.22. The minimum absolute atomic E-state index is 0.200. The Morgan fingerprint density at radius 3 is 3.08 bits per heavy atom. The van der Waals surface area contributed by atoms with E-state index in [1.807, 2.05) is 19.1 Å². The Bertz CT molecular complexity index is 605. The Hall–Kier alpha value is -1.59. The zero-order valence-electron chi connectivity index (χ0n) is 15.4. The number of carbonyl (C=O) groups excluding carboxylic acids is 1. The number of benzene rings is 1. The first-order valence-corrected chi connectivity index (χ1v) is 9.36. The van der Waals surface area contributed by atoms with E-state index in [9.17, 15) is 4.79 Å². The second-order valence-electron chi connectivity index (χ2n) is 7.36. The lowest BCUT2D eigenvalue weighted by atomic mass is 9.67. The summed E-state index contributed by atoms with van der Waals surface area (Å²) in [4.78, 5) is 13.0. The number of methoxy groups -OCH3 is 1. The van der Waals surface area contributed by atoms with E-state index in [1.54, 1.807) is 7.11 Å². The van der Waals surface area contributed by atoms with Crippen molar-refractivity contribution in [3.63, 3.8) is 0 Å². The van der Waals surface area contributed by atoms with Crippen LogP contribution in [-0.2, 0) is 16.1 Å². The van der Waals surface area contributed by atoms with Crippen molar-refractivity contribution in [2.24, 2.45) is 11.3 Å². The van der Waals surface area contributed by atoms with Gasteiger partial charge in [0.05, 0.1) is 12.0 Å². The van der Waals surface area contributed by atoms with Crippen molar-refractivity contribution in [2.45, 2.75) is 39.2 Å². The Kier molecular flexibility index (Phi) is 5.97. The van der Waals surface area contributed by atoms with Gasteiger partial charge in [-0.1, -0.05) is 25.0 Å². The number of carbonyl (C=O) groups is 1. The van der Waals surface area contributed by atoms with Crippen LogP contribution in [0.2, 0.25) is 0 Å². The summed E-state index contributed by atoms with van der Waals surface area (Å²) in [6.07, 6.45) is 4.57. The van der Waals surface area contributed by atoms with Crippen molar-refractivity contribution >= 4 is 5.91 Å². The zero-order valence-corrected chi connectivity index (χ0v) is 15.4. The molecule has 1 aliphatic heterocycles. The molecule has 2 N–H and O–H groups in total. The van der Waals surface area contributed by atoms with E-state index in [1.165, 1.54) is 6.42 Å².